The molecule has 3 fully saturated rings. The number of anilines is 1. The molecule has 0 radical (unpaired) electrons. The first kappa shape index (κ1) is 15.6. The monoisotopic (exact) mass is 327 g/mol. The van der Waals surface area contributed by atoms with E-state index in [1.807, 2.05) is 29.2 Å². The van der Waals surface area contributed by atoms with Crippen molar-refractivity contribution in [3.63, 3.8) is 0 Å². The molecule has 2 amide bonds. The van der Waals surface area contributed by atoms with Crippen molar-refractivity contribution in [3.05, 3.63) is 29.8 Å². The molecule has 1 aliphatic carbocycles. The van der Waals surface area contributed by atoms with Crippen LogP contribution in [0.3, 0.4) is 0 Å². The van der Waals surface area contributed by atoms with E-state index in [0.29, 0.717) is 12.0 Å². The quantitative estimate of drug-likeness (QED) is 0.922. The van der Waals surface area contributed by atoms with Crippen LogP contribution >= 0.6 is 0 Å². The molecular formula is C19H25N3O2. The highest BCUT2D eigenvalue weighted by Gasteiger charge is 2.34. The van der Waals surface area contributed by atoms with E-state index in [4.69, 9.17) is 0 Å². The van der Waals surface area contributed by atoms with Gasteiger partial charge in [-0.3, -0.25) is 14.5 Å². The van der Waals surface area contributed by atoms with Crippen LogP contribution in [0.25, 0.3) is 0 Å². The van der Waals surface area contributed by atoms with Gasteiger partial charge in [0.05, 0.1) is 0 Å². The summed E-state index contributed by atoms with van der Waals surface area (Å²) in [5, 5.41) is 3.15. The average Bonchev–Trinajstić information content (AvgIpc) is 3.35. The van der Waals surface area contributed by atoms with E-state index in [2.05, 4.69) is 10.2 Å². The smallest absolute Gasteiger partial charge is 0.251 e. The van der Waals surface area contributed by atoms with Crippen molar-refractivity contribution in [1.29, 1.82) is 0 Å². The van der Waals surface area contributed by atoms with Gasteiger partial charge in [0, 0.05) is 49.4 Å². The molecule has 5 heteroatoms. The molecule has 2 aliphatic heterocycles. The molecule has 0 unspecified atom stereocenters. The number of likely N-dealkylation sites (tertiary alicyclic amines) is 1. The van der Waals surface area contributed by atoms with Crippen LogP contribution in [0, 0.1) is 0 Å². The Hall–Kier alpha value is -1.88. The lowest BCUT2D eigenvalue weighted by molar-refractivity contribution is -0.119. The van der Waals surface area contributed by atoms with E-state index in [1.54, 1.807) is 0 Å². The van der Waals surface area contributed by atoms with Crippen LogP contribution in [0.5, 0.6) is 0 Å². The number of amides is 2. The molecule has 0 bridgehead atoms. The standard InChI is InChI=1S/C19H25N3O2/c23-18-3-1-2-11-22(18)17-6-4-14(5-7-17)19(24)20-15-10-12-21(13-15)16-8-9-16/h4-7,15-16H,1-3,8-13H2,(H,20,24)/t15-/m0/s1. The van der Waals surface area contributed by atoms with Crippen molar-refractivity contribution >= 4 is 17.5 Å². The van der Waals surface area contributed by atoms with Gasteiger partial charge >= 0.3 is 0 Å². The lowest BCUT2D eigenvalue weighted by Crippen LogP contribution is -2.37. The summed E-state index contributed by atoms with van der Waals surface area (Å²) in [5.41, 5.74) is 1.57. The summed E-state index contributed by atoms with van der Waals surface area (Å²) in [6.45, 7) is 2.87. The van der Waals surface area contributed by atoms with Crippen LogP contribution in [-0.4, -0.2) is 48.4 Å². The third-order valence-electron chi connectivity index (χ3n) is 5.38. The van der Waals surface area contributed by atoms with Gasteiger partial charge in [0.1, 0.15) is 0 Å². The van der Waals surface area contributed by atoms with Gasteiger partial charge in [-0.25, -0.2) is 0 Å². The number of nitrogens with one attached hydrogen (secondary N) is 1. The summed E-state index contributed by atoms with van der Waals surface area (Å²) in [4.78, 5) is 28.7. The van der Waals surface area contributed by atoms with Crippen molar-refractivity contribution in [1.82, 2.24) is 10.2 Å². The Kier molecular flexibility index (Phi) is 4.27. The number of hydrogen-bond acceptors (Lipinski definition) is 3. The zero-order chi connectivity index (χ0) is 16.5. The molecule has 1 saturated carbocycles. The fourth-order valence-electron chi connectivity index (χ4n) is 3.82. The molecule has 1 N–H and O–H groups in total. The molecule has 0 spiro atoms. The van der Waals surface area contributed by atoms with Crippen LogP contribution in [0.1, 0.15) is 48.9 Å². The number of benzene rings is 1. The summed E-state index contributed by atoms with van der Waals surface area (Å²) >= 11 is 0. The molecule has 1 atom stereocenters. The van der Waals surface area contributed by atoms with Gasteiger partial charge in [-0.05, 0) is 56.4 Å². The first-order chi connectivity index (χ1) is 11.7. The summed E-state index contributed by atoms with van der Waals surface area (Å²) in [6, 6.07) is 8.49. The maximum atomic E-state index is 12.4. The molecule has 0 aromatic heterocycles. The average molecular weight is 327 g/mol. The third-order valence-corrected chi connectivity index (χ3v) is 5.38. The normalized spacial score (nSPS) is 25.1. The van der Waals surface area contributed by atoms with E-state index >= 15 is 0 Å². The minimum absolute atomic E-state index is 0.00540. The van der Waals surface area contributed by atoms with Crippen LogP contribution in [0.2, 0.25) is 0 Å². The van der Waals surface area contributed by atoms with Crippen molar-refractivity contribution in [3.8, 4) is 0 Å². The van der Waals surface area contributed by atoms with E-state index in [9.17, 15) is 9.59 Å². The lowest BCUT2D eigenvalue weighted by Gasteiger charge is -2.26. The van der Waals surface area contributed by atoms with Crippen LogP contribution < -0.4 is 10.2 Å². The Bertz CT molecular complexity index is 624. The number of hydrogen-bond donors (Lipinski definition) is 1. The van der Waals surface area contributed by atoms with Crippen molar-refractivity contribution < 1.29 is 9.59 Å². The molecule has 2 heterocycles. The first-order valence-electron chi connectivity index (χ1n) is 9.16. The number of nitrogens with zero attached hydrogens (tertiary/aromatic N) is 2. The Morgan fingerprint density at radius 1 is 1.04 bits per heavy atom. The second kappa shape index (κ2) is 6.55. The highest BCUT2D eigenvalue weighted by molar-refractivity contribution is 5.97. The fraction of sp³-hybridized carbons (Fsp3) is 0.579. The summed E-state index contributed by atoms with van der Waals surface area (Å²) in [5.74, 6) is 0.179. The van der Waals surface area contributed by atoms with Gasteiger partial charge in [0.25, 0.3) is 5.91 Å². The summed E-state index contributed by atoms with van der Waals surface area (Å²) in [6.07, 6.45) is 6.33. The number of carbonyl (C=O) groups excluding carboxylic acids is 2. The maximum Gasteiger partial charge on any atom is 0.251 e. The summed E-state index contributed by atoms with van der Waals surface area (Å²) < 4.78 is 0. The Morgan fingerprint density at radius 3 is 2.54 bits per heavy atom. The fourth-order valence-corrected chi connectivity index (χ4v) is 3.82. The number of rotatable bonds is 4. The first-order valence-corrected chi connectivity index (χ1v) is 9.16. The van der Waals surface area contributed by atoms with Crippen LogP contribution in [-0.2, 0) is 4.79 Å². The number of carbonyl (C=O) groups is 2. The second-order valence-electron chi connectivity index (χ2n) is 7.23. The molecule has 3 aliphatic rings. The Labute approximate surface area is 143 Å². The topological polar surface area (TPSA) is 52.7 Å². The lowest BCUT2D eigenvalue weighted by atomic mass is 10.1. The van der Waals surface area contributed by atoms with Gasteiger partial charge in [-0.2, -0.15) is 0 Å². The minimum Gasteiger partial charge on any atom is -0.348 e. The van der Waals surface area contributed by atoms with Gasteiger partial charge < -0.3 is 10.2 Å². The van der Waals surface area contributed by atoms with E-state index in [-0.39, 0.29) is 17.9 Å². The molecular weight excluding hydrogens is 302 g/mol. The van der Waals surface area contributed by atoms with Crippen molar-refractivity contribution in [2.75, 3.05) is 24.5 Å². The predicted octanol–water partition coefficient (Wildman–Crippen LogP) is 2.17. The molecule has 1 aromatic rings. The molecule has 4 rings (SSSR count). The highest BCUT2D eigenvalue weighted by Crippen LogP contribution is 2.30. The second-order valence-corrected chi connectivity index (χ2v) is 7.23. The zero-order valence-corrected chi connectivity index (χ0v) is 14.0. The molecule has 5 nitrogen and oxygen atoms in total. The highest BCUT2D eigenvalue weighted by atomic mass is 16.2. The van der Waals surface area contributed by atoms with Gasteiger partial charge in [0.15, 0.2) is 0 Å². The Balaban J connectivity index is 1.35. The maximum absolute atomic E-state index is 12.4. The van der Waals surface area contributed by atoms with Crippen LogP contribution in [0.15, 0.2) is 24.3 Å². The van der Waals surface area contributed by atoms with Gasteiger partial charge in [0.2, 0.25) is 5.91 Å². The zero-order valence-electron chi connectivity index (χ0n) is 14.0. The SMILES string of the molecule is O=C(N[C@H]1CCN(C2CC2)C1)c1ccc(N2CCCCC2=O)cc1. The van der Waals surface area contributed by atoms with E-state index in [1.165, 1.54) is 12.8 Å². The molecule has 1 aromatic carbocycles. The van der Waals surface area contributed by atoms with Gasteiger partial charge in [-0.15, -0.1) is 0 Å². The van der Waals surface area contributed by atoms with Crippen molar-refractivity contribution in [2.24, 2.45) is 0 Å². The molecule has 128 valence electrons. The van der Waals surface area contributed by atoms with Crippen molar-refractivity contribution in [2.45, 2.75) is 50.6 Å². The number of piperidine rings is 1. The third kappa shape index (κ3) is 3.31. The van der Waals surface area contributed by atoms with E-state index in [0.717, 1.165) is 50.6 Å². The van der Waals surface area contributed by atoms with Gasteiger partial charge in [-0.1, -0.05) is 0 Å². The molecule has 24 heavy (non-hydrogen) atoms. The van der Waals surface area contributed by atoms with Crippen LogP contribution in [0.4, 0.5) is 5.69 Å². The minimum atomic E-state index is -0.00540. The predicted molar refractivity (Wildman–Crippen MR) is 93.1 cm³/mol. The largest absolute Gasteiger partial charge is 0.348 e. The van der Waals surface area contributed by atoms with E-state index < -0.39 is 0 Å². The Morgan fingerprint density at radius 2 is 1.83 bits per heavy atom. The summed E-state index contributed by atoms with van der Waals surface area (Å²) in [7, 11) is 0. The molecule has 2 saturated heterocycles.